The molecule has 0 fully saturated rings. The summed E-state index contributed by atoms with van der Waals surface area (Å²) in [6.07, 6.45) is 6.11. The topological polar surface area (TPSA) is 12.0 Å². The van der Waals surface area contributed by atoms with Crippen molar-refractivity contribution in [2.45, 2.75) is 26.3 Å². The molecule has 15 heavy (non-hydrogen) atoms. The van der Waals surface area contributed by atoms with Gasteiger partial charge in [-0.3, -0.25) is 0 Å². The molecule has 0 aliphatic carbocycles. The van der Waals surface area contributed by atoms with Crippen LogP contribution in [0, 0.1) is 19.3 Å². The van der Waals surface area contributed by atoms with Crippen molar-refractivity contribution in [2.24, 2.45) is 0 Å². The summed E-state index contributed by atoms with van der Waals surface area (Å²) < 4.78 is 1.14. The average Bonchev–Trinajstić information content (AvgIpc) is 2.22. The highest BCUT2D eigenvalue weighted by atomic mass is 79.9. The van der Waals surface area contributed by atoms with E-state index < -0.39 is 0 Å². The molecule has 0 aromatic heterocycles. The smallest absolute Gasteiger partial charge is 0.0433 e. The van der Waals surface area contributed by atoms with E-state index in [1.54, 1.807) is 0 Å². The van der Waals surface area contributed by atoms with Crippen LogP contribution in [0.15, 0.2) is 22.7 Å². The van der Waals surface area contributed by atoms with Gasteiger partial charge in [0, 0.05) is 16.9 Å². The first-order chi connectivity index (χ1) is 7.20. The van der Waals surface area contributed by atoms with E-state index in [0.717, 1.165) is 17.4 Å². The second-order valence-electron chi connectivity index (χ2n) is 3.47. The molecule has 0 heterocycles. The van der Waals surface area contributed by atoms with Gasteiger partial charge in [-0.2, -0.15) is 0 Å². The number of hydrogen-bond donors (Lipinski definition) is 1. The van der Waals surface area contributed by atoms with Crippen LogP contribution in [0.5, 0.6) is 0 Å². The van der Waals surface area contributed by atoms with E-state index in [1.807, 2.05) is 6.07 Å². The number of terminal acetylenes is 1. The third-order valence-corrected chi connectivity index (χ3v) is 3.32. The van der Waals surface area contributed by atoms with Gasteiger partial charge in [0.2, 0.25) is 0 Å². The molecule has 80 valence electrons. The molecule has 1 aromatic carbocycles. The summed E-state index contributed by atoms with van der Waals surface area (Å²) in [5, 5.41) is 3.40. The summed E-state index contributed by atoms with van der Waals surface area (Å²) >= 11 is 3.54. The molecule has 1 atom stereocenters. The number of nitrogens with one attached hydrogen (secondary N) is 1. The fraction of sp³-hybridized carbons (Fsp3) is 0.385. The summed E-state index contributed by atoms with van der Waals surface area (Å²) in [6, 6.07) is 6.49. The molecule has 1 N–H and O–H groups in total. The summed E-state index contributed by atoms with van der Waals surface area (Å²) in [5.41, 5.74) is 2.54. The predicted molar refractivity (Wildman–Crippen MR) is 68.7 cm³/mol. The number of benzene rings is 1. The normalized spacial score (nSPS) is 12.1. The van der Waals surface area contributed by atoms with Gasteiger partial charge in [0.1, 0.15) is 0 Å². The van der Waals surface area contributed by atoms with Crippen molar-refractivity contribution in [3.05, 3.63) is 33.8 Å². The highest BCUT2D eigenvalue weighted by molar-refractivity contribution is 9.10. The maximum absolute atomic E-state index is 5.38. The first-order valence-corrected chi connectivity index (χ1v) is 5.91. The van der Waals surface area contributed by atoms with Crippen LogP contribution >= 0.6 is 15.9 Å². The molecule has 0 radical (unpaired) electrons. The van der Waals surface area contributed by atoms with Gasteiger partial charge in [-0.15, -0.1) is 12.3 Å². The standard InChI is InChI=1S/C13H16BrN/c1-4-7-13(15-5-2)11-8-6-9-12(14)10(11)3/h1,6,8-9,13,15H,5,7H2,2-3H3. The molecule has 0 spiro atoms. The van der Waals surface area contributed by atoms with Gasteiger partial charge in [0.25, 0.3) is 0 Å². The lowest BCUT2D eigenvalue weighted by atomic mass is 9.99. The maximum Gasteiger partial charge on any atom is 0.0433 e. The second kappa shape index (κ2) is 5.95. The minimum absolute atomic E-state index is 0.262. The van der Waals surface area contributed by atoms with Gasteiger partial charge >= 0.3 is 0 Å². The zero-order valence-corrected chi connectivity index (χ0v) is 10.8. The van der Waals surface area contributed by atoms with Gasteiger partial charge in [0.15, 0.2) is 0 Å². The fourth-order valence-electron chi connectivity index (χ4n) is 1.66. The summed E-state index contributed by atoms with van der Waals surface area (Å²) in [4.78, 5) is 0. The van der Waals surface area contributed by atoms with Crippen molar-refractivity contribution in [3.8, 4) is 12.3 Å². The molecule has 1 unspecified atom stereocenters. The fourth-order valence-corrected chi connectivity index (χ4v) is 2.04. The molecule has 0 saturated carbocycles. The van der Waals surface area contributed by atoms with E-state index in [0.29, 0.717) is 0 Å². The summed E-state index contributed by atoms with van der Waals surface area (Å²) in [5.74, 6) is 2.72. The lowest BCUT2D eigenvalue weighted by Crippen LogP contribution is -2.21. The Morgan fingerprint density at radius 2 is 2.27 bits per heavy atom. The van der Waals surface area contributed by atoms with E-state index in [4.69, 9.17) is 6.42 Å². The van der Waals surface area contributed by atoms with Crippen LogP contribution in [0.4, 0.5) is 0 Å². The summed E-state index contributed by atoms with van der Waals surface area (Å²) in [6.45, 7) is 5.13. The van der Waals surface area contributed by atoms with Crippen LogP contribution in [-0.4, -0.2) is 6.54 Å². The van der Waals surface area contributed by atoms with Crippen LogP contribution in [-0.2, 0) is 0 Å². The van der Waals surface area contributed by atoms with Crippen molar-refractivity contribution in [3.63, 3.8) is 0 Å². The van der Waals surface area contributed by atoms with Crippen molar-refractivity contribution in [2.75, 3.05) is 6.54 Å². The van der Waals surface area contributed by atoms with Crippen molar-refractivity contribution >= 4 is 15.9 Å². The van der Waals surface area contributed by atoms with Gasteiger partial charge < -0.3 is 5.32 Å². The number of halogens is 1. The van der Waals surface area contributed by atoms with Crippen molar-refractivity contribution in [1.29, 1.82) is 0 Å². The van der Waals surface area contributed by atoms with Gasteiger partial charge in [-0.25, -0.2) is 0 Å². The van der Waals surface area contributed by atoms with E-state index in [-0.39, 0.29) is 6.04 Å². The molecule has 2 heteroatoms. The van der Waals surface area contributed by atoms with Crippen LogP contribution in [0.3, 0.4) is 0 Å². The Morgan fingerprint density at radius 3 is 2.87 bits per heavy atom. The minimum Gasteiger partial charge on any atom is -0.309 e. The molecule has 0 aliphatic heterocycles. The highest BCUT2D eigenvalue weighted by Crippen LogP contribution is 2.26. The predicted octanol–water partition coefficient (Wildman–Crippen LogP) is 3.43. The quantitative estimate of drug-likeness (QED) is 0.823. The van der Waals surface area contributed by atoms with Crippen molar-refractivity contribution < 1.29 is 0 Å². The number of hydrogen-bond acceptors (Lipinski definition) is 1. The third-order valence-electron chi connectivity index (χ3n) is 2.46. The Kier molecular flexibility index (Phi) is 4.87. The van der Waals surface area contributed by atoms with Gasteiger partial charge in [0.05, 0.1) is 0 Å². The van der Waals surface area contributed by atoms with Crippen LogP contribution in [0.2, 0.25) is 0 Å². The molecule has 0 amide bonds. The highest BCUT2D eigenvalue weighted by Gasteiger charge is 2.12. The summed E-state index contributed by atoms with van der Waals surface area (Å²) in [7, 11) is 0. The van der Waals surface area contributed by atoms with E-state index in [1.165, 1.54) is 11.1 Å². The van der Waals surface area contributed by atoms with Gasteiger partial charge in [-0.1, -0.05) is 35.0 Å². The second-order valence-corrected chi connectivity index (χ2v) is 4.33. The Hall–Kier alpha value is -0.780. The zero-order valence-electron chi connectivity index (χ0n) is 9.18. The van der Waals surface area contributed by atoms with Crippen LogP contribution < -0.4 is 5.32 Å². The monoisotopic (exact) mass is 265 g/mol. The number of rotatable bonds is 4. The molecule has 1 rings (SSSR count). The Bertz CT molecular complexity index is 365. The first kappa shape index (κ1) is 12.3. The molecule has 0 bridgehead atoms. The van der Waals surface area contributed by atoms with E-state index in [9.17, 15) is 0 Å². The lowest BCUT2D eigenvalue weighted by Gasteiger charge is -2.18. The maximum atomic E-state index is 5.38. The van der Waals surface area contributed by atoms with Crippen molar-refractivity contribution in [1.82, 2.24) is 5.32 Å². The van der Waals surface area contributed by atoms with Crippen LogP contribution in [0.25, 0.3) is 0 Å². The Labute approximate surface area is 100 Å². The largest absolute Gasteiger partial charge is 0.309 e. The SMILES string of the molecule is C#CCC(NCC)c1cccc(Br)c1C. The molecular weight excluding hydrogens is 250 g/mol. The first-order valence-electron chi connectivity index (χ1n) is 5.12. The zero-order chi connectivity index (χ0) is 11.3. The Balaban J connectivity index is 3.00. The average molecular weight is 266 g/mol. The molecule has 1 nitrogen and oxygen atoms in total. The van der Waals surface area contributed by atoms with E-state index in [2.05, 4.69) is 53.1 Å². The molecule has 1 aromatic rings. The molecular formula is C13H16BrN. The lowest BCUT2D eigenvalue weighted by molar-refractivity contribution is 0.562. The van der Waals surface area contributed by atoms with E-state index >= 15 is 0 Å². The minimum atomic E-state index is 0.262. The molecule has 0 saturated heterocycles. The Morgan fingerprint density at radius 1 is 1.53 bits per heavy atom. The van der Waals surface area contributed by atoms with Crippen LogP contribution in [0.1, 0.15) is 30.5 Å². The third kappa shape index (κ3) is 3.09. The van der Waals surface area contributed by atoms with Gasteiger partial charge in [-0.05, 0) is 30.7 Å². The molecule has 0 aliphatic rings.